The molecule has 6 aliphatic carbocycles. The van der Waals surface area contributed by atoms with Crippen molar-refractivity contribution < 1.29 is 14.7 Å². The third kappa shape index (κ3) is 5.57. The van der Waals surface area contributed by atoms with E-state index >= 15 is 0 Å². The van der Waals surface area contributed by atoms with Gasteiger partial charge in [0.1, 0.15) is 0 Å². The zero-order valence-electron chi connectivity index (χ0n) is 33.1. The molecule has 2 amide bonds. The second-order valence-corrected chi connectivity index (χ2v) is 19.6. The Balaban J connectivity index is 1.16. The lowest BCUT2D eigenvalue weighted by atomic mass is 9.33. The molecule has 5 saturated carbocycles. The number of carboxylic acid groups (broad SMARTS) is 1. The van der Waals surface area contributed by atoms with Crippen LogP contribution in [0.1, 0.15) is 142 Å². The van der Waals surface area contributed by atoms with E-state index in [1.807, 2.05) is 12.1 Å². The topological polar surface area (TPSA) is 81.7 Å². The first-order valence-corrected chi connectivity index (χ1v) is 20.5. The van der Waals surface area contributed by atoms with Gasteiger partial charge in [-0.1, -0.05) is 78.8 Å². The molecule has 0 saturated heterocycles. The van der Waals surface area contributed by atoms with Crippen LogP contribution in [0.4, 0.5) is 4.79 Å². The van der Waals surface area contributed by atoms with Gasteiger partial charge in [-0.2, -0.15) is 0 Å². The van der Waals surface area contributed by atoms with Crippen molar-refractivity contribution in [1.82, 2.24) is 15.5 Å². The normalized spacial score (nSPS) is 40.2. The summed E-state index contributed by atoms with van der Waals surface area (Å²) in [4.78, 5) is 28.0. The van der Waals surface area contributed by atoms with E-state index in [0.717, 1.165) is 58.2 Å². The molecule has 6 heteroatoms. The molecule has 280 valence electrons. The van der Waals surface area contributed by atoms with Crippen LogP contribution in [0, 0.1) is 51.2 Å². The van der Waals surface area contributed by atoms with Crippen molar-refractivity contribution in [2.75, 3.05) is 19.6 Å². The molecular weight excluding hydrogens is 631 g/mol. The maximum absolute atomic E-state index is 14.0. The summed E-state index contributed by atoms with van der Waals surface area (Å²) < 4.78 is 0. The summed E-state index contributed by atoms with van der Waals surface area (Å²) in [7, 11) is 0. The summed E-state index contributed by atoms with van der Waals surface area (Å²) in [5, 5.41) is 16.8. The van der Waals surface area contributed by atoms with Gasteiger partial charge in [0.2, 0.25) is 0 Å². The van der Waals surface area contributed by atoms with Crippen LogP contribution in [0.25, 0.3) is 5.57 Å². The Morgan fingerprint density at radius 3 is 2.14 bits per heavy atom. The number of rotatable bonds is 9. The van der Waals surface area contributed by atoms with E-state index in [4.69, 9.17) is 0 Å². The Morgan fingerprint density at radius 2 is 1.53 bits per heavy atom. The molecule has 7 rings (SSSR count). The van der Waals surface area contributed by atoms with E-state index in [9.17, 15) is 14.7 Å². The van der Waals surface area contributed by atoms with Crippen molar-refractivity contribution in [1.29, 1.82) is 0 Å². The SMILES string of the molecule is C=C(C)[C@@H]1CC[C@]2(NC(=O)NC3(CN(CC)CC)CC3)CC[C@]3(C)[C@H](CC[C@@H]4[C@@]5(C)CC=C(c6ccc(C(=O)O)cc6)C(C)(C)[C@@H]5CC[C@]43C)[C@@H]12. The summed E-state index contributed by atoms with van der Waals surface area (Å²) in [6.07, 6.45) is 15.2. The molecule has 1 aromatic rings. The van der Waals surface area contributed by atoms with Crippen molar-refractivity contribution in [2.45, 2.75) is 137 Å². The first-order valence-electron chi connectivity index (χ1n) is 20.5. The second kappa shape index (κ2) is 12.5. The quantitative estimate of drug-likeness (QED) is 0.225. The number of fused-ring (bicyclic) bond motifs is 7. The van der Waals surface area contributed by atoms with Crippen LogP contribution in [0.5, 0.6) is 0 Å². The van der Waals surface area contributed by atoms with E-state index in [2.05, 4.69) is 83.6 Å². The Labute approximate surface area is 308 Å². The number of aromatic carboxylic acids is 1. The van der Waals surface area contributed by atoms with Gasteiger partial charge in [-0.3, -0.25) is 0 Å². The highest BCUT2D eigenvalue weighted by atomic mass is 16.4. The molecule has 6 aliphatic rings. The third-order valence-corrected chi connectivity index (χ3v) is 17.1. The maximum Gasteiger partial charge on any atom is 0.335 e. The Hall–Kier alpha value is -2.60. The number of amides is 2. The number of carbonyl (C=O) groups is 2. The number of nitrogens with one attached hydrogen (secondary N) is 2. The minimum Gasteiger partial charge on any atom is -0.478 e. The van der Waals surface area contributed by atoms with E-state index in [1.165, 1.54) is 48.8 Å². The first-order chi connectivity index (χ1) is 24.0. The molecule has 5 fully saturated rings. The van der Waals surface area contributed by atoms with E-state index in [-0.39, 0.29) is 38.8 Å². The Morgan fingerprint density at radius 1 is 0.843 bits per heavy atom. The van der Waals surface area contributed by atoms with Gasteiger partial charge in [0.15, 0.2) is 0 Å². The number of likely N-dealkylation sites (N-methyl/N-ethyl adjacent to an activating group) is 1. The average molecular weight is 698 g/mol. The van der Waals surface area contributed by atoms with Gasteiger partial charge in [0.25, 0.3) is 0 Å². The minimum atomic E-state index is -0.870. The van der Waals surface area contributed by atoms with Crippen LogP contribution >= 0.6 is 0 Å². The Bertz CT molecular complexity index is 1590. The number of allylic oxidation sites excluding steroid dienone is 3. The average Bonchev–Trinajstić information content (AvgIpc) is 3.71. The second-order valence-electron chi connectivity index (χ2n) is 19.6. The zero-order valence-corrected chi connectivity index (χ0v) is 33.1. The van der Waals surface area contributed by atoms with Gasteiger partial charge < -0.3 is 20.6 Å². The minimum absolute atomic E-state index is 0.00344. The van der Waals surface area contributed by atoms with Crippen molar-refractivity contribution in [3.05, 3.63) is 53.6 Å². The summed E-state index contributed by atoms with van der Waals surface area (Å²) in [5.74, 6) is 1.79. The number of urea groups is 1. The van der Waals surface area contributed by atoms with Crippen LogP contribution in [0.2, 0.25) is 0 Å². The standard InChI is InChI=1S/C45H67N3O3/c1-10-48(11-2)28-44(25-26-44)46-39(51)47-45-23-18-32(29(3)4)37(45)34-16-17-36-41(7)21-19-33(30-12-14-31(15-13-30)38(49)50)40(5,6)35(41)20-22-43(36,9)42(34,8)24-27-45/h12-15,19,32,34-37H,3,10-11,16-18,20-28H2,1-2,4-9H3,(H,49,50)(H2,46,47,51)/t32-,34+,35-,36+,37+,41-,42+,43+,45-/m0/s1. The van der Waals surface area contributed by atoms with Gasteiger partial charge in [-0.15, -0.1) is 0 Å². The van der Waals surface area contributed by atoms with E-state index in [1.54, 1.807) is 12.1 Å². The summed E-state index contributed by atoms with van der Waals surface area (Å²) in [6.45, 7) is 27.1. The summed E-state index contributed by atoms with van der Waals surface area (Å²) in [6, 6.07) is 7.64. The molecule has 0 radical (unpaired) electrons. The van der Waals surface area contributed by atoms with Crippen molar-refractivity contribution in [2.24, 2.45) is 51.2 Å². The molecule has 0 aliphatic heterocycles. The fourth-order valence-corrected chi connectivity index (χ4v) is 14.1. The molecule has 0 heterocycles. The lowest BCUT2D eigenvalue weighted by Crippen LogP contribution is -2.69. The number of carboxylic acids is 1. The molecule has 1 aromatic carbocycles. The van der Waals surface area contributed by atoms with Gasteiger partial charge >= 0.3 is 12.0 Å². The molecule has 9 atom stereocenters. The van der Waals surface area contributed by atoms with E-state index in [0.29, 0.717) is 35.2 Å². The molecule has 0 spiro atoms. The number of benzene rings is 1. The van der Waals surface area contributed by atoms with Crippen LogP contribution < -0.4 is 10.6 Å². The highest BCUT2D eigenvalue weighted by Crippen LogP contribution is 2.76. The molecule has 0 bridgehead atoms. The fraction of sp³-hybridized carbons (Fsp3) is 0.733. The number of carbonyl (C=O) groups excluding carboxylic acids is 1. The monoisotopic (exact) mass is 698 g/mol. The number of hydrogen-bond acceptors (Lipinski definition) is 3. The van der Waals surface area contributed by atoms with Gasteiger partial charge in [0.05, 0.1) is 11.1 Å². The predicted octanol–water partition coefficient (Wildman–Crippen LogP) is 9.96. The fourth-order valence-electron chi connectivity index (χ4n) is 14.1. The van der Waals surface area contributed by atoms with Crippen LogP contribution in [0.15, 0.2) is 42.5 Å². The predicted molar refractivity (Wildman–Crippen MR) is 207 cm³/mol. The smallest absolute Gasteiger partial charge is 0.335 e. The maximum atomic E-state index is 14.0. The number of hydrogen-bond donors (Lipinski definition) is 3. The van der Waals surface area contributed by atoms with Crippen LogP contribution in [0.3, 0.4) is 0 Å². The zero-order chi connectivity index (χ0) is 36.8. The highest BCUT2D eigenvalue weighted by molar-refractivity contribution is 5.88. The lowest BCUT2D eigenvalue weighted by Gasteiger charge is -2.72. The molecule has 0 aromatic heterocycles. The van der Waals surface area contributed by atoms with Gasteiger partial charge in [-0.25, -0.2) is 9.59 Å². The van der Waals surface area contributed by atoms with Crippen LogP contribution in [-0.4, -0.2) is 52.7 Å². The molecule has 6 nitrogen and oxygen atoms in total. The lowest BCUT2D eigenvalue weighted by molar-refractivity contribution is -0.218. The molecule has 51 heavy (non-hydrogen) atoms. The third-order valence-electron chi connectivity index (χ3n) is 17.1. The molecule has 0 unspecified atom stereocenters. The van der Waals surface area contributed by atoms with Gasteiger partial charge in [-0.05, 0) is 165 Å². The van der Waals surface area contributed by atoms with Crippen LogP contribution in [-0.2, 0) is 0 Å². The van der Waals surface area contributed by atoms with Crippen molar-refractivity contribution >= 4 is 17.6 Å². The molecule has 3 N–H and O–H groups in total. The van der Waals surface area contributed by atoms with Crippen molar-refractivity contribution in [3.63, 3.8) is 0 Å². The summed E-state index contributed by atoms with van der Waals surface area (Å²) >= 11 is 0. The van der Waals surface area contributed by atoms with E-state index < -0.39 is 5.97 Å². The van der Waals surface area contributed by atoms with Crippen molar-refractivity contribution in [3.8, 4) is 0 Å². The molecular formula is C45H67N3O3. The first kappa shape index (κ1) is 36.7. The number of nitrogens with zero attached hydrogens (tertiary/aromatic N) is 1. The Kier molecular flexibility index (Phi) is 9.00. The largest absolute Gasteiger partial charge is 0.478 e. The summed E-state index contributed by atoms with van der Waals surface area (Å²) in [5.41, 5.74) is 4.61. The van der Waals surface area contributed by atoms with Gasteiger partial charge in [0, 0.05) is 12.1 Å². The highest BCUT2D eigenvalue weighted by Gasteiger charge is 2.70.